The molecular formula is C12H16BrNS. The van der Waals surface area contributed by atoms with Crippen LogP contribution in [-0.4, -0.2) is 11.8 Å². The summed E-state index contributed by atoms with van der Waals surface area (Å²) >= 11 is 5.61. The van der Waals surface area contributed by atoms with E-state index >= 15 is 0 Å². The Hall–Kier alpha value is 0.01000. The first-order chi connectivity index (χ1) is 7.16. The summed E-state index contributed by atoms with van der Waals surface area (Å²) < 4.78 is 1.21. The fourth-order valence-corrected chi connectivity index (χ4v) is 3.37. The minimum absolute atomic E-state index is 0.464. The molecule has 1 heterocycles. The second-order valence-electron chi connectivity index (χ2n) is 4.08. The maximum atomic E-state index is 3.59. The molecule has 0 amide bonds. The maximum absolute atomic E-state index is 3.59. The van der Waals surface area contributed by atoms with Crippen molar-refractivity contribution in [2.24, 2.45) is 0 Å². The van der Waals surface area contributed by atoms with Gasteiger partial charge < -0.3 is 5.32 Å². The van der Waals surface area contributed by atoms with Gasteiger partial charge in [0, 0.05) is 9.72 Å². The standard InChI is InChI=1S/C12H16BrNS/c1-8-3-4-10(7-11(8)13)12-14-6-5-9(2)15-12/h3-4,7,9,12,14H,5-6H2,1-2H3. The third kappa shape index (κ3) is 2.77. The van der Waals surface area contributed by atoms with E-state index < -0.39 is 0 Å². The molecule has 1 aliphatic heterocycles. The van der Waals surface area contributed by atoms with Crippen molar-refractivity contribution in [2.75, 3.05) is 6.54 Å². The van der Waals surface area contributed by atoms with E-state index in [1.807, 2.05) is 11.8 Å². The highest BCUT2D eigenvalue weighted by Gasteiger charge is 2.20. The van der Waals surface area contributed by atoms with Crippen molar-refractivity contribution in [1.82, 2.24) is 5.32 Å². The van der Waals surface area contributed by atoms with Crippen molar-refractivity contribution in [3.05, 3.63) is 33.8 Å². The van der Waals surface area contributed by atoms with Gasteiger partial charge in [0.2, 0.25) is 0 Å². The average Bonchev–Trinajstić information content (AvgIpc) is 2.22. The highest BCUT2D eigenvalue weighted by Crippen LogP contribution is 2.35. The highest BCUT2D eigenvalue weighted by molar-refractivity contribution is 9.10. The van der Waals surface area contributed by atoms with Gasteiger partial charge in [0.15, 0.2) is 0 Å². The molecule has 2 atom stereocenters. The molecule has 2 rings (SSSR count). The predicted molar refractivity (Wildman–Crippen MR) is 71.3 cm³/mol. The first kappa shape index (κ1) is 11.5. The van der Waals surface area contributed by atoms with Gasteiger partial charge in [-0.05, 0) is 37.1 Å². The molecule has 0 radical (unpaired) electrons. The fraction of sp³-hybridized carbons (Fsp3) is 0.500. The first-order valence-corrected chi connectivity index (χ1v) is 7.05. The molecule has 1 aromatic carbocycles. The smallest absolute Gasteiger partial charge is 0.0792 e. The van der Waals surface area contributed by atoms with Gasteiger partial charge in [0.1, 0.15) is 0 Å². The van der Waals surface area contributed by atoms with Crippen molar-refractivity contribution in [1.29, 1.82) is 0 Å². The normalized spacial score (nSPS) is 26.6. The number of benzene rings is 1. The summed E-state index contributed by atoms with van der Waals surface area (Å²) in [5.74, 6) is 0. The van der Waals surface area contributed by atoms with Crippen molar-refractivity contribution in [3.8, 4) is 0 Å². The Bertz CT molecular complexity index is 353. The molecule has 1 nitrogen and oxygen atoms in total. The maximum Gasteiger partial charge on any atom is 0.0792 e. The molecule has 1 aromatic rings. The molecule has 1 fully saturated rings. The van der Waals surface area contributed by atoms with Crippen LogP contribution in [-0.2, 0) is 0 Å². The summed E-state index contributed by atoms with van der Waals surface area (Å²) in [5, 5.41) is 4.78. The van der Waals surface area contributed by atoms with Crippen LogP contribution in [0.15, 0.2) is 22.7 Å². The SMILES string of the molecule is Cc1ccc(C2NCCC(C)S2)cc1Br. The molecule has 1 aliphatic rings. The van der Waals surface area contributed by atoms with Crippen LogP contribution < -0.4 is 5.32 Å². The Morgan fingerprint density at radius 3 is 2.93 bits per heavy atom. The lowest BCUT2D eigenvalue weighted by Gasteiger charge is -2.28. The summed E-state index contributed by atoms with van der Waals surface area (Å²) in [5.41, 5.74) is 2.68. The van der Waals surface area contributed by atoms with E-state index in [0.717, 1.165) is 11.8 Å². The van der Waals surface area contributed by atoms with Gasteiger partial charge in [-0.2, -0.15) is 0 Å². The molecule has 0 saturated carbocycles. The largest absolute Gasteiger partial charge is 0.302 e. The van der Waals surface area contributed by atoms with Gasteiger partial charge in [-0.25, -0.2) is 0 Å². The quantitative estimate of drug-likeness (QED) is 0.841. The van der Waals surface area contributed by atoms with Gasteiger partial charge in [0.25, 0.3) is 0 Å². The van der Waals surface area contributed by atoms with Gasteiger partial charge in [-0.3, -0.25) is 0 Å². The summed E-state index contributed by atoms with van der Waals surface area (Å²) in [6.45, 7) is 5.56. The van der Waals surface area contributed by atoms with Crippen LogP contribution in [0.1, 0.15) is 29.8 Å². The lowest BCUT2D eigenvalue weighted by molar-refractivity contribution is 0.605. The summed E-state index contributed by atoms with van der Waals surface area (Å²) in [7, 11) is 0. The number of halogens is 1. The van der Waals surface area contributed by atoms with Gasteiger partial charge in [-0.15, -0.1) is 11.8 Å². The van der Waals surface area contributed by atoms with Crippen LogP contribution in [0, 0.1) is 6.92 Å². The third-order valence-electron chi connectivity index (χ3n) is 2.75. The lowest BCUT2D eigenvalue weighted by Crippen LogP contribution is -2.28. The van der Waals surface area contributed by atoms with E-state index in [2.05, 4.69) is 53.3 Å². The van der Waals surface area contributed by atoms with Gasteiger partial charge >= 0.3 is 0 Å². The molecule has 0 spiro atoms. The number of rotatable bonds is 1. The Labute approximate surface area is 104 Å². The van der Waals surface area contributed by atoms with E-state index in [0.29, 0.717) is 5.37 Å². The minimum atomic E-state index is 0.464. The fourth-order valence-electron chi connectivity index (χ4n) is 1.73. The molecule has 0 aliphatic carbocycles. The topological polar surface area (TPSA) is 12.0 Å². The van der Waals surface area contributed by atoms with Crippen LogP contribution in [0.3, 0.4) is 0 Å². The van der Waals surface area contributed by atoms with Crippen LogP contribution in [0.25, 0.3) is 0 Å². The summed E-state index contributed by atoms with van der Waals surface area (Å²) in [6, 6.07) is 6.64. The molecule has 1 saturated heterocycles. The zero-order chi connectivity index (χ0) is 10.8. The van der Waals surface area contributed by atoms with Crippen LogP contribution in [0.5, 0.6) is 0 Å². The predicted octanol–water partition coefficient (Wildman–Crippen LogP) is 3.87. The van der Waals surface area contributed by atoms with E-state index in [1.54, 1.807) is 0 Å². The third-order valence-corrected chi connectivity index (χ3v) is 5.01. The van der Waals surface area contributed by atoms with E-state index in [1.165, 1.54) is 22.0 Å². The van der Waals surface area contributed by atoms with Crippen LogP contribution >= 0.6 is 27.7 Å². The molecule has 1 N–H and O–H groups in total. The van der Waals surface area contributed by atoms with E-state index in [-0.39, 0.29) is 0 Å². The van der Waals surface area contributed by atoms with Crippen molar-refractivity contribution in [3.63, 3.8) is 0 Å². The molecule has 0 bridgehead atoms. The Balaban J connectivity index is 2.18. The monoisotopic (exact) mass is 285 g/mol. The Morgan fingerprint density at radius 2 is 2.27 bits per heavy atom. The number of hydrogen-bond acceptors (Lipinski definition) is 2. The molecule has 2 unspecified atom stereocenters. The van der Waals surface area contributed by atoms with Gasteiger partial charge in [-0.1, -0.05) is 35.0 Å². The van der Waals surface area contributed by atoms with E-state index in [4.69, 9.17) is 0 Å². The number of nitrogens with one attached hydrogen (secondary N) is 1. The van der Waals surface area contributed by atoms with Crippen molar-refractivity contribution < 1.29 is 0 Å². The first-order valence-electron chi connectivity index (χ1n) is 5.31. The molecule has 82 valence electrons. The molecule has 3 heteroatoms. The van der Waals surface area contributed by atoms with Crippen molar-refractivity contribution in [2.45, 2.75) is 30.9 Å². The average molecular weight is 286 g/mol. The van der Waals surface area contributed by atoms with Gasteiger partial charge in [0.05, 0.1) is 5.37 Å². The zero-order valence-electron chi connectivity index (χ0n) is 9.09. The van der Waals surface area contributed by atoms with Crippen LogP contribution in [0.2, 0.25) is 0 Å². The highest BCUT2D eigenvalue weighted by atomic mass is 79.9. The number of aryl methyl sites for hydroxylation is 1. The lowest BCUT2D eigenvalue weighted by atomic mass is 10.1. The minimum Gasteiger partial charge on any atom is -0.302 e. The van der Waals surface area contributed by atoms with Crippen LogP contribution in [0.4, 0.5) is 0 Å². The second-order valence-corrected chi connectivity index (χ2v) is 6.48. The number of hydrogen-bond donors (Lipinski definition) is 1. The van der Waals surface area contributed by atoms with E-state index in [9.17, 15) is 0 Å². The molecular weight excluding hydrogens is 270 g/mol. The number of thioether (sulfide) groups is 1. The Morgan fingerprint density at radius 1 is 1.47 bits per heavy atom. The van der Waals surface area contributed by atoms with Crippen molar-refractivity contribution >= 4 is 27.7 Å². The summed E-state index contributed by atoms with van der Waals surface area (Å²) in [6.07, 6.45) is 1.27. The zero-order valence-corrected chi connectivity index (χ0v) is 11.5. The Kier molecular flexibility index (Phi) is 3.75. The summed E-state index contributed by atoms with van der Waals surface area (Å²) in [4.78, 5) is 0. The molecule has 15 heavy (non-hydrogen) atoms. The second kappa shape index (κ2) is 4.89. The molecule has 0 aromatic heterocycles.